The third-order valence-electron chi connectivity index (χ3n) is 3.08. The van der Waals surface area contributed by atoms with Crippen LogP contribution in [0.25, 0.3) is 0 Å². The molecule has 0 aliphatic carbocycles. The fourth-order valence-electron chi connectivity index (χ4n) is 2.11. The number of halogens is 1. The number of methoxy groups -OCH3 is 1. The van der Waals surface area contributed by atoms with E-state index in [1.807, 2.05) is 4.90 Å². The van der Waals surface area contributed by atoms with Crippen molar-refractivity contribution < 1.29 is 14.0 Å². The van der Waals surface area contributed by atoms with Crippen molar-refractivity contribution in [1.29, 1.82) is 0 Å². The Bertz CT molecular complexity index is 635. The van der Waals surface area contributed by atoms with Gasteiger partial charge in [-0.25, -0.2) is 4.98 Å². The Morgan fingerprint density at radius 3 is 3.00 bits per heavy atom. The topological polar surface area (TPSA) is 86.4 Å². The van der Waals surface area contributed by atoms with Crippen LogP contribution in [0.5, 0.6) is 6.01 Å². The van der Waals surface area contributed by atoms with Crippen molar-refractivity contribution in [2.75, 3.05) is 31.7 Å². The Hall–Kier alpha value is -1.93. The van der Waals surface area contributed by atoms with Crippen LogP contribution in [0.4, 0.5) is 5.82 Å². The summed E-state index contributed by atoms with van der Waals surface area (Å²) in [4.78, 5) is 14.4. The smallest absolute Gasteiger partial charge is 0.318 e. The van der Waals surface area contributed by atoms with E-state index in [1.54, 1.807) is 6.92 Å². The molecule has 0 unspecified atom stereocenters. The van der Waals surface area contributed by atoms with Gasteiger partial charge < -0.3 is 18.9 Å². The SMILES string of the molecule is COc1ncc(Cl)c(N2CCO[C@@H](c3noc(C)n3)C2)n1. The van der Waals surface area contributed by atoms with Gasteiger partial charge in [-0.05, 0) is 0 Å². The van der Waals surface area contributed by atoms with Crippen molar-refractivity contribution in [1.82, 2.24) is 20.1 Å². The summed E-state index contributed by atoms with van der Waals surface area (Å²) < 4.78 is 15.7. The van der Waals surface area contributed by atoms with Gasteiger partial charge in [-0.3, -0.25) is 0 Å². The maximum atomic E-state index is 6.17. The van der Waals surface area contributed by atoms with Crippen LogP contribution in [-0.4, -0.2) is 46.9 Å². The lowest BCUT2D eigenvalue weighted by Crippen LogP contribution is -2.39. The summed E-state index contributed by atoms with van der Waals surface area (Å²) in [5, 5.41) is 4.35. The third kappa shape index (κ3) is 2.91. The molecule has 0 spiro atoms. The van der Waals surface area contributed by atoms with Crippen LogP contribution in [0.15, 0.2) is 10.7 Å². The highest BCUT2D eigenvalue weighted by atomic mass is 35.5. The molecule has 1 aliphatic rings. The van der Waals surface area contributed by atoms with Crippen molar-refractivity contribution in [2.45, 2.75) is 13.0 Å². The molecule has 0 radical (unpaired) electrons. The maximum absolute atomic E-state index is 6.17. The van der Waals surface area contributed by atoms with E-state index >= 15 is 0 Å². The second-order valence-corrected chi connectivity index (χ2v) is 4.91. The molecule has 8 nitrogen and oxygen atoms in total. The van der Waals surface area contributed by atoms with E-state index in [0.29, 0.717) is 42.3 Å². The summed E-state index contributed by atoms with van der Waals surface area (Å²) in [5.41, 5.74) is 0. The van der Waals surface area contributed by atoms with E-state index in [1.165, 1.54) is 13.3 Å². The van der Waals surface area contributed by atoms with Crippen molar-refractivity contribution in [3.05, 3.63) is 22.9 Å². The Labute approximate surface area is 126 Å². The highest BCUT2D eigenvalue weighted by Gasteiger charge is 2.28. The van der Waals surface area contributed by atoms with Crippen LogP contribution in [0, 0.1) is 6.92 Å². The lowest BCUT2D eigenvalue weighted by Gasteiger charge is -2.32. The van der Waals surface area contributed by atoms with Crippen molar-refractivity contribution in [3.8, 4) is 6.01 Å². The normalized spacial score (nSPS) is 18.8. The van der Waals surface area contributed by atoms with E-state index < -0.39 is 0 Å². The van der Waals surface area contributed by atoms with Crippen LogP contribution in [0.2, 0.25) is 5.02 Å². The largest absolute Gasteiger partial charge is 0.467 e. The molecule has 1 fully saturated rings. The summed E-state index contributed by atoms with van der Waals surface area (Å²) in [6.07, 6.45) is 1.24. The molecule has 9 heteroatoms. The lowest BCUT2D eigenvalue weighted by atomic mass is 10.2. The number of hydrogen-bond acceptors (Lipinski definition) is 8. The second-order valence-electron chi connectivity index (χ2n) is 4.51. The molecule has 2 aromatic heterocycles. The summed E-state index contributed by atoms with van der Waals surface area (Å²) >= 11 is 6.17. The number of aryl methyl sites for hydroxylation is 1. The van der Waals surface area contributed by atoms with Gasteiger partial charge in [0, 0.05) is 13.5 Å². The van der Waals surface area contributed by atoms with Crippen molar-refractivity contribution in [3.63, 3.8) is 0 Å². The van der Waals surface area contributed by atoms with Gasteiger partial charge in [-0.15, -0.1) is 0 Å². The Morgan fingerprint density at radius 2 is 2.29 bits per heavy atom. The van der Waals surface area contributed by atoms with Gasteiger partial charge in [0.2, 0.25) is 11.7 Å². The van der Waals surface area contributed by atoms with Crippen LogP contribution < -0.4 is 9.64 Å². The predicted molar refractivity (Wildman–Crippen MR) is 73.5 cm³/mol. The predicted octanol–water partition coefficient (Wildman–Crippen LogP) is 1.41. The van der Waals surface area contributed by atoms with E-state index in [9.17, 15) is 0 Å². The number of anilines is 1. The summed E-state index contributed by atoms with van der Waals surface area (Å²) in [7, 11) is 1.51. The number of hydrogen-bond donors (Lipinski definition) is 0. The van der Waals surface area contributed by atoms with E-state index in [4.69, 9.17) is 25.6 Å². The van der Waals surface area contributed by atoms with Crippen LogP contribution in [0.3, 0.4) is 0 Å². The molecule has 3 heterocycles. The van der Waals surface area contributed by atoms with E-state index in [0.717, 1.165) is 0 Å². The molecule has 0 amide bonds. The van der Waals surface area contributed by atoms with E-state index in [-0.39, 0.29) is 12.1 Å². The first-order valence-electron chi connectivity index (χ1n) is 6.40. The molecule has 112 valence electrons. The fourth-order valence-corrected chi connectivity index (χ4v) is 2.32. The fraction of sp³-hybridized carbons (Fsp3) is 0.500. The molecule has 1 aliphatic heterocycles. The van der Waals surface area contributed by atoms with Gasteiger partial charge >= 0.3 is 6.01 Å². The van der Waals surface area contributed by atoms with Gasteiger partial charge in [0.25, 0.3) is 0 Å². The van der Waals surface area contributed by atoms with Gasteiger partial charge in [-0.2, -0.15) is 9.97 Å². The highest BCUT2D eigenvalue weighted by molar-refractivity contribution is 6.32. The summed E-state index contributed by atoms with van der Waals surface area (Å²) in [6.45, 7) is 3.44. The first kappa shape index (κ1) is 14.0. The molecule has 0 bridgehead atoms. The number of rotatable bonds is 3. The number of morpholine rings is 1. The monoisotopic (exact) mass is 311 g/mol. The van der Waals surface area contributed by atoms with Gasteiger partial charge in [-0.1, -0.05) is 16.8 Å². The molecule has 2 aromatic rings. The minimum atomic E-state index is -0.284. The first-order valence-corrected chi connectivity index (χ1v) is 6.78. The van der Waals surface area contributed by atoms with Crippen LogP contribution >= 0.6 is 11.6 Å². The Balaban J connectivity index is 1.83. The third-order valence-corrected chi connectivity index (χ3v) is 3.35. The zero-order valence-electron chi connectivity index (χ0n) is 11.6. The molecule has 21 heavy (non-hydrogen) atoms. The average molecular weight is 312 g/mol. The Morgan fingerprint density at radius 1 is 1.43 bits per heavy atom. The molecular formula is C12H14ClN5O3. The molecule has 0 saturated carbocycles. The molecule has 0 aromatic carbocycles. The van der Waals surface area contributed by atoms with Crippen LogP contribution in [0.1, 0.15) is 17.8 Å². The molecule has 3 rings (SSSR count). The minimum Gasteiger partial charge on any atom is -0.467 e. The quantitative estimate of drug-likeness (QED) is 0.841. The zero-order valence-corrected chi connectivity index (χ0v) is 12.4. The van der Waals surface area contributed by atoms with Gasteiger partial charge in [0.15, 0.2) is 5.82 Å². The van der Waals surface area contributed by atoms with E-state index in [2.05, 4.69) is 20.1 Å². The average Bonchev–Trinajstić information content (AvgIpc) is 2.94. The van der Waals surface area contributed by atoms with Crippen LogP contribution in [-0.2, 0) is 4.74 Å². The summed E-state index contributed by atoms with van der Waals surface area (Å²) in [5.74, 6) is 1.64. The molecule has 0 N–H and O–H groups in total. The summed E-state index contributed by atoms with van der Waals surface area (Å²) in [6, 6.07) is 0.271. The van der Waals surface area contributed by atoms with Gasteiger partial charge in [0.05, 0.1) is 26.5 Å². The van der Waals surface area contributed by atoms with Gasteiger partial charge in [0.1, 0.15) is 11.1 Å². The lowest BCUT2D eigenvalue weighted by molar-refractivity contribution is 0.0323. The second kappa shape index (κ2) is 5.82. The first-order chi connectivity index (χ1) is 10.2. The number of aromatic nitrogens is 4. The maximum Gasteiger partial charge on any atom is 0.318 e. The molecule has 1 atom stereocenters. The van der Waals surface area contributed by atoms with Crippen molar-refractivity contribution in [2.24, 2.45) is 0 Å². The van der Waals surface area contributed by atoms with Crippen molar-refractivity contribution >= 4 is 17.4 Å². The number of nitrogens with zero attached hydrogens (tertiary/aromatic N) is 5. The minimum absolute atomic E-state index is 0.271. The highest BCUT2D eigenvalue weighted by Crippen LogP contribution is 2.29. The zero-order chi connectivity index (χ0) is 14.8. The standard InChI is InChI=1S/C12H14ClN5O3/c1-7-15-10(17-21-7)9-6-18(3-4-20-9)11-8(13)5-14-12(16-11)19-2/h5,9H,3-4,6H2,1-2H3/t9-/m1/s1. The molecule has 1 saturated heterocycles. The molecular weight excluding hydrogens is 298 g/mol. The number of ether oxygens (including phenoxy) is 2. The Kier molecular flexibility index (Phi) is 3.89.